The molecule has 76 valence electrons. The lowest BCUT2D eigenvalue weighted by atomic mass is 9.78. The Morgan fingerprint density at radius 2 is 1.77 bits per heavy atom. The van der Waals surface area contributed by atoms with Gasteiger partial charge in [-0.15, -0.1) is 0 Å². The summed E-state index contributed by atoms with van der Waals surface area (Å²) >= 11 is 0. The van der Waals surface area contributed by atoms with Gasteiger partial charge in [0.15, 0.2) is 0 Å². The predicted molar refractivity (Wildman–Crippen MR) is 55.8 cm³/mol. The van der Waals surface area contributed by atoms with Gasteiger partial charge in [-0.1, -0.05) is 27.2 Å². The Kier molecular flexibility index (Phi) is 4.27. The maximum absolute atomic E-state index is 5.47. The van der Waals surface area contributed by atoms with E-state index in [2.05, 4.69) is 20.8 Å². The van der Waals surface area contributed by atoms with Crippen LogP contribution in [-0.2, 0) is 9.31 Å². The van der Waals surface area contributed by atoms with E-state index < -0.39 is 0 Å². The monoisotopic (exact) mass is 184 g/mol. The second kappa shape index (κ2) is 5.01. The van der Waals surface area contributed by atoms with Crippen LogP contribution in [0, 0.1) is 5.41 Å². The largest absolute Gasteiger partial charge is 0.456 e. The summed E-state index contributed by atoms with van der Waals surface area (Å²) in [6.45, 7) is 8.57. The van der Waals surface area contributed by atoms with Crippen LogP contribution in [0.3, 0.4) is 0 Å². The van der Waals surface area contributed by atoms with Gasteiger partial charge in [-0.2, -0.15) is 0 Å². The van der Waals surface area contributed by atoms with E-state index in [1.807, 2.05) is 0 Å². The lowest BCUT2D eigenvalue weighted by Crippen LogP contribution is -2.29. The first-order valence-corrected chi connectivity index (χ1v) is 5.31. The van der Waals surface area contributed by atoms with Crippen molar-refractivity contribution >= 4 is 7.12 Å². The molecule has 0 aliphatic carbocycles. The molecule has 2 nitrogen and oxygen atoms in total. The fourth-order valence-electron chi connectivity index (χ4n) is 1.50. The first-order valence-electron chi connectivity index (χ1n) is 5.31. The Morgan fingerprint density at radius 1 is 1.15 bits per heavy atom. The molecule has 1 aliphatic heterocycles. The average molecular weight is 184 g/mol. The molecule has 0 amide bonds. The van der Waals surface area contributed by atoms with Gasteiger partial charge in [-0.25, -0.2) is 0 Å². The highest BCUT2D eigenvalue weighted by Crippen LogP contribution is 2.23. The predicted octanol–water partition coefficient (Wildman–Crippen LogP) is 2.74. The van der Waals surface area contributed by atoms with E-state index in [1.54, 1.807) is 0 Å². The summed E-state index contributed by atoms with van der Waals surface area (Å²) in [5.41, 5.74) is 0.439. The normalized spacial score (nSPS) is 19.2. The minimum atomic E-state index is 0.0797. The molecule has 1 aliphatic rings. The minimum Gasteiger partial charge on any atom is -0.411 e. The van der Waals surface area contributed by atoms with E-state index in [0.29, 0.717) is 5.41 Å². The SMILES string of the molecule is CC(C)(C)CCCB1OCCCO1. The molecule has 0 aromatic carbocycles. The molecule has 0 aromatic heterocycles. The van der Waals surface area contributed by atoms with Crippen molar-refractivity contribution in [2.45, 2.75) is 46.4 Å². The zero-order valence-electron chi connectivity index (χ0n) is 9.14. The fourth-order valence-corrected chi connectivity index (χ4v) is 1.50. The van der Waals surface area contributed by atoms with Crippen molar-refractivity contribution in [2.24, 2.45) is 5.41 Å². The van der Waals surface area contributed by atoms with E-state index in [9.17, 15) is 0 Å². The zero-order chi connectivity index (χ0) is 9.73. The van der Waals surface area contributed by atoms with Gasteiger partial charge in [0, 0.05) is 13.2 Å². The third-order valence-electron chi connectivity index (χ3n) is 2.26. The number of hydrogen-bond acceptors (Lipinski definition) is 2. The summed E-state index contributed by atoms with van der Waals surface area (Å²) in [7, 11) is 0.0797. The van der Waals surface area contributed by atoms with Crippen LogP contribution in [0.15, 0.2) is 0 Å². The van der Waals surface area contributed by atoms with Crippen molar-refractivity contribution in [1.29, 1.82) is 0 Å². The van der Waals surface area contributed by atoms with E-state index in [4.69, 9.17) is 9.31 Å². The highest BCUT2D eigenvalue weighted by atomic mass is 16.6. The van der Waals surface area contributed by atoms with Crippen molar-refractivity contribution in [3.05, 3.63) is 0 Å². The Bertz CT molecular complexity index is 136. The number of hydrogen-bond donors (Lipinski definition) is 0. The molecule has 0 spiro atoms. The van der Waals surface area contributed by atoms with Crippen molar-refractivity contribution in [3.8, 4) is 0 Å². The highest BCUT2D eigenvalue weighted by Gasteiger charge is 2.22. The lowest BCUT2D eigenvalue weighted by molar-refractivity contribution is 0.133. The van der Waals surface area contributed by atoms with Crippen LogP contribution in [-0.4, -0.2) is 20.3 Å². The molecule has 1 heterocycles. The highest BCUT2D eigenvalue weighted by molar-refractivity contribution is 6.44. The Balaban J connectivity index is 2.04. The van der Waals surface area contributed by atoms with Crippen LogP contribution in [0.1, 0.15) is 40.0 Å². The van der Waals surface area contributed by atoms with Gasteiger partial charge in [0.05, 0.1) is 0 Å². The Morgan fingerprint density at radius 3 is 2.31 bits per heavy atom. The average Bonchev–Trinajstić information content (AvgIpc) is 2.04. The van der Waals surface area contributed by atoms with E-state index in [0.717, 1.165) is 26.0 Å². The summed E-state index contributed by atoms with van der Waals surface area (Å²) in [5, 5.41) is 0. The van der Waals surface area contributed by atoms with Gasteiger partial charge >= 0.3 is 7.12 Å². The van der Waals surface area contributed by atoms with Crippen LogP contribution in [0.5, 0.6) is 0 Å². The third-order valence-corrected chi connectivity index (χ3v) is 2.26. The second-order valence-corrected chi connectivity index (χ2v) is 4.98. The maximum atomic E-state index is 5.47. The van der Waals surface area contributed by atoms with Crippen LogP contribution >= 0.6 is 0 Å². The molecule has 0 saturated carbocycles. The molecule has 3 heteroatoms. The third kappa shape index (κ3) is 5.32. The van der Waals surface area contributed by atoms with Gasteiger partial charge in [0.25, 0.3) is 0 Å². The molecule has 0 radical (unpaired) electrons. The van der Waals surface area contributed by atoms with E-state index in [1.165, 1.54) is 12.8 Å². The summed E-state index contributed by atoms with van der Waals surface area (Å²) in [6, 6.07) is 0. The molecule has 0 N–H and O–H groups in total. The fraction of sp³-hybridized carbons (Fsp3) is 1.00. The summed E-state index contributed by atoms with van der Waals surface area (Å²) < 4.78 is 10.9. The summed E-state index contributed by atoms with van der Waals surface area (Å²) in [4.78, 5) is 0. The quantitative estimate of drug-likeness (QED) is 0.628. The topological polar surface area (TPSA) is 18.5 Å². The van der Waals surface area contributed by atoms with Gasteiger partial charge in [-0.3, -0.25) is 0 Å². The first-order chi connectivity index (χ1) is 6.08. The molecular weight excluding hydrogens is 163 g/mol. The van der Waals surface area contributed by atoms with Crippen molar-refractivity contribution in [1.82, 2.24) is 0 Å². The number of rotatable bonds is 3. The van der Waals surface area contributed by atoms with Crippen LogP contribution in [0.4, 0.5) is 0 Å². The van der Waals surface area contributed by atoms with Crippen LogP contribution in [0.2, 0.25) is 6.32 Å². The van der Waals surface area contributed by atoms with Gasteiger partial charge < -0.3 is 9.31 Å². The standard InChI is InChI=1S/C10H21BO2/c1-10(2,3)6-4-7-11-12-8-5-9-13-11/h4-9H2,1-3H3. The molecule has 0 unspecified atom stereocenters. The summed E-state index contributed by atoms with van der Waals surface area (Å²) in [5.74, 6) is 0. The first kappa shape index (κ1) is 11.1. The van der Waals surface area contributed by atoms with Gasteiger partial charge in [-0.05, 0) is 24.6 Å². The molecule has 1 fully saturated rings. The molecule has 0 aromatic rings. The van der Waals surface area contributed by atoms with Crippen molar-refractivity contribution < 1.29 is 9.31 Å². The summed E-state index contributed by atoms with van der Waals surface area (Å²) in [6.07, 6.45) is 4.55. The molecule has 13 heavy (non-hydrogen) atoms. The van der Waals surface area contributed by atoms with Gasteiger partial charge in [0.2, 0.25) is 0 Å². The second-order valence-electron chi connectivity index (χ2n) is 4.98. The molecule has 1 saturated heterocycles. The van der Waals surface area contributed by atoms with Crippen molar-refractivity contribution in [3.63, 3.8) is 0 Å². The molecule has 0 atom stereocenters. The molecular formula is C10H21BO2. The molecule has 1 rings (SSSR count). The minimum absolute atomic E-state index is 0.0797. The zero-order valence-corrected chi connectivity index (χ0v) is 9.14. The van der Waals surface area contributed by atoms with Crippen LogP contribution < -0.4 is 0 Å². The lowest BCUT2D eigenvalue weighted by Gasteiger charge is -2.22. The van der Waals surface area contributed by atoms with E-state index in [-0.39, 0.29) is 7.12 Å². The Hall–Kier alpha value is -0.0151. The molecule has 0 bridgehead atoms. The van der Waals surface area contributed by atoms with Crippen LogP contribution in [0.25, 0.3) is 0 Å². The smallest absolute Gasteiger partial charge is 0.411 e. The van der Waals surface area contributed by atoms with Crippen molar-refractivity contribution in [2.75, 3.05) is 13.2 Å². The maximum Gasteiger partial charge on any atom is 0.456 e. The van der Waals surface area contributed by atoms with E-state index >= 15 is 0 Å². The Labute approximate surface area is 82.1 Å². The van der Waals surface area contributed by atoms with Gasteiger partial charge in [0.1, 0.15) is 0 Å².